The highest BCUT2D eigenvalue weighted by Crippen LogP contribution is 2.37. The fourth-order valence-electron chi connectivity index (χ4n) is 2.71. The lowest BCUT2D eigenvalue weighted by molar-refractivity contribution is -0.121. The molecule has 27 heavy (non-hydrogen) atoms. The maximum atomic E-state index is 12.8. The van der Waals surface area contributed by atoms with Gasteiger partial charge in [-0.25, -0.2) is 4.99 Å². The van der Waals surface area contributed by atoms with Gasteiger partial charge < -0.3 is 14.6 Å². The Morgan fingerprint density at radius 1 is 1.22 bits per heavy atom. The Kier molecular flexibility index (Phi) is 4.60. The number of carbonyl (C=O) groups excluding carboxylic acids is 1. The number of phenolic OH excluding ortho intramolecular Hbond substituents is 1. The highest BCUT2D eigenvalue weighted by Gasteiger charge is 2.32. The zero-order valence-electron chi connectivity index (χ0n) is 14.3. The molecule has 0 atom stereocenters. The van der Waals surface area contributed by atoms with Crippen LogP contribution in [0, 0.1) is 0 Å². The van der Waals surface area contributed by atoms with Crippen LogP contribution in [0.2, 0.25) is 0 Å². The fourth-order valence-corrected chi connectivity index (χ4v) is 3.72. The van der Waals surface area contributed by atoms with Gasteiger partial charge in [-0.15, -0.1) is 6.58 Å². The van der Waals surface area contributed by atoms with Crippen molar-refractivity contribution in [1.29, 1.82) is 0 Å². The van der Waals surface area contributed by atoms with E-state index in [0.717, 1.165) is 5.56 Å². The van der Waals surface area contributed by atoms with Gasteiger partial charge in [0.25, 0.3) is 5.91 Å². The Hall–Kier alpha value is -3.19. The van der Waals surface area contributed by atoms with Gasteiger partial charge >= 0.3 is 0 Å². The fraction of sp³-hybridized carbons (Fsp3) is 0.100. The zero-order chi connectivity index (χ0) is 18.8. The molecule has 2 heterocycles. The summed E-state index contributed by atoms with van der Waals surface area (Å²) in [6.45, 7) is 4.27. The molecule has 1 amide bonds. The number of phenols is 1. The summed E-state index contributed by atoms with van der Waals surface area (Å²) in [5.41, 5.74) is 1.41. The van der Waals surface area contributed by atoms with E-state index in [0.29, 0.717) is 33.8 Å². The van der Waals surface area contributed by atoms with Gasteiger partial charge in [-0.1, -0.05) is 18.2 Å². The number of aromatic hydroxyl groups is 1. The Bertz CT molecular complexity index is 984. The van der Waals surface area contributed by atoms with Gasteiger partial charge in [0.05, 0.1) is 10.6 Å². The molecule has 1 N–H and O–H groups in total. The normalized spacial score (nSPS) is 18.5. The first-order valence-corrected chi connectivity index (χ1v) is 9.05. The number of fused-ring (bicyclic) bond motifs is 1. The molecule has 0 spiro atoms. The largest absolute Gasteiger partial charge is 0.508 e. The lowest BCUT2D eigenvalue weighted by Gasteiger charge is -2.12. The highest BCUT2D eigenvalue weighted by molar-refractivity contribution is 8.18. The van der Waals surface area contributed by atoms with Crippen LogP contribution in [0.25, 0.3) is 6.08 Å². The highest BCUT2D eigenvalue weighted by atomic mass is 32.2. The second kappa shape index (κ2) is 7.20. The summed E-state index contributed by atoms with van der Waals surface area (Å²) in [6.07, 6.45) is 3.45. The first-order valence-electron chi connectivity index (χ1n) is 8.24. The number of aliphatic imine (C=N–C) groups is 1. The molecule has 1 saturated heterocycles. The van der Waals surface area contributed by atoms with Crippen molar-refractivity contribution >= 4 is 34.6 Å². The van der Waals surface area contributed by atoms with Crippen molar-refractivity contribution in [2.45, 2.75) is 0 Å². The van der Waals surface area contributed by atoms with Gasteiger partial charge in [0, 0.05) is 12.6 Å². The maximum absolute atomic E-state index is 12.8. The number of thioether (sulfide) groups is 1. The van der Waals surface area contributed by atoms with Gasteiger partial charge in [0.2, 0.25) is 6.79 Å². The number of carbonyl (C=O) groups is 1. The summed E-state index contributed by atoms with van der Waals surface area (Å²) in [5.74, 6) is 1.34. The summed E-state index contributed by atoms with van der Waals surface area (Å²) < 4.78 is 10.7. The number of rotatable bonds is 4. The van der Waals surface area contributed by atoms with Gasteiger partial charge in [0.15, 0.2) is 16.7 Å². The van der Waals surface area contributed by atoms with Crippen molar-refractivity contribution in [3.8, 4) is 17.2 Å². The first kappa shape index (κ1) is 17.2. The number of nitrogens with zero attached hydrogens (tertiary/aromatic N) is 2. The minimum atomic E-state index is -0.142. The van der Waals surface area contributed by atoms with Crippen molar-refractivity contribution in [3.05, 3.63) is 65.6 Å². The summed E-state index contributed by atoms with van der Waals surface area (Å²) in [6, 6.07) is 12.1. The summed E-state index contributed by atoms with van der Waals surface area (Å²) in [4.78, 5) is 19.4. The molecule has 0 aromatic heterocycles. The van der Waals surface area contributed by atoms with Crippen LogP contribution in [0.4, 0.5) is 5.69 Å². The van der Waals surface area contributed by atoms with Crippen LogP contribution in [-0.2, 0) is 4.79 Å². The molecular weight excluding hydrogens is 364 g/mol. The SMILES string of the molecule is C=CCN1C(=O)/C(=C/c2ccc3c(c2)OCO3)SC1=Nc1cccc(O)c1. The Morgan fingerprint density at radius 2 is 2.07 bits per heavy atom. The van der Waals surface area contributed by atoms with E-state index in [4.69, 9.17) is 9.47 Å². The summed E-state index contributed by atoms with van der Waals surface area (Å²) in [7, 11) is 0. The molecule has 6 nitrogen and oxygen atoms in total. The lowest BCUT2D eigenvalue weighted by Crippen LogP contribution is -2.29. The van der Waals surface area contributed by atoms with Crippen molar-refractivity contribution in [2.75, 3.05) is 13.3 Å². The molecule has 1 fully saturated rings. The van der Waals surface area contributed by atoms with E-state index in [-0.39, 0.29) is 18.4 Å². The maximum Gasteiger partial charge on any atom is 0.267 e. The molecule has 0 bridgehead atoms. The predicted molar refractivity (Wildman–Crippen MR) is 105 cm³/mol. The van der Waals surface area contributed by atoms with Gasteiger partial charge in [-0.05, 0) is 47.7 Å². The van der Waals surface area contributed by atoms with E-state index in [9.17, 15) is 9.90 Å². The lowest BCUT2D eigenvalue weighted by atomic mass is 10.2. The smallest absolute Gasteiger partial charge is 0.267 e. The van der Waals surface area contributed by atoms with Gasteiger partial charge in [-0.3, -0.25) is 9.69 Å². The molecule has 7 heteroatoms. The van der Waals surface area contributed by atoms with Crippen LogP contribution in [0.3, 0.4) is 0 Å². The van der Waals surface area contributed by atoms with Crippen LogP contribution in [0.1, 0.15) is 5.56 Å². The molecule has 0 radical (unpaired) electrons. The average molecular weight is 380 g/mol. The van der Waals surface area contributed by atoms with E-state index in [1.54, 1.807) is 41.3 Å². The Balaban J connectivity index is 1.66. The van der Waals surface area contributed by atoms with Crippen LogP contribution < -0.4 is 9.47 Å². The Morgan fingerprint density at radius 3 is 2.89 bits per heavy atom. The number of ether oxygens (including phenoxy) is 2. The summed E-state index contributed by atoms with van der Waals surface area (Å²) in [5, 5.41) is 10.2. The van der Waals surface area contributed by atoms with Crippen molar-refractivity contribution in [3.63, 3.8) is 0 Å². The molecule has 2 aliphatic rings. The third kappa shape index (κ3) is 3.54. The van der Waals surface area contributed by atoms with Crippen molar-refractivity contribution in [2.24, 2.45) is 4.99 Å². The second-order valence-corrected chi connectivity index (χ2v) is 6.85. The molecule has 2 aromatic carbocycles. The summed E-state index contributed by atoms with van der Waals surface area (Å²) >= 11 is 1.28. The second-order valence-electron chi connectivity index (χ2n) is 5.84. The van der Waals surface area contributed by atoms with E-state index in [1.165, 1.54) is 11.8 Å². The molecule has 2 aliphatic heterocycles. The van der Waals surface area contributed by atoms with Crippen LogP contribution >= 0.6 is 11.8 Å². The molecule has 0 unspecified atom stereocenters. The van der Waals surface area contributed by atoms with Crippen LogP contribution in [0.5, 0.6) is 17.2 Å². The third-order valence-corrected chi connectivity index (χ3v) is 4.96. The minimum Gasteiger partial charge on any atom is -0.508 e. The molecule has 2 aromatic rings. The van der Waals surface area contributed by atoms with E-state index in [2.05, 4.69) is 11.6 Å². The van der Waals surface area contributed by atoms with Crippen LogP contribution in [-0.4, -0.2) is 34.4 Å². The molecule has 0 aliphatic carbocycles. The molecule has 4 rings (SSSR count). The third-order valence-electron chi connectivity index (χ3n) is 3.95. The van der Waals surface area contributed by atoms with Crippen molar-refractivity contribution in [1.82, 2.24) is 4.90 Å². The molecule has 0 saturated carbocycles. The van der Waals surface area contributed by atoms with E-state index in [1.807, 2.05) is 18.2 Å². The Labute approximate surface area is 160 Å². The van der Waals surface area contributed by atoms with Gasteiger partial charge in [-0.2, -0.15) is 0 Å². The number of amides is 1. The van der Waals surface area contributed by atoms with E-state index >= 15 is 0 Å². The van der Waals surface area contributed by atoms with Gasteiger partial charge in [0.1, 0.15) is 5.75 Å². The molecule has 136 valence electrons. The van der Waals surface area contributed by atoms with Crippen LogP contribution in [0.15, 0.2) is 65.0 Å². The number of benzene rings is 2. The number of amidine groups is 1. The zero-order valence-corrected chi connectivity index (χ0v) is 15.1. The first-order chi connectivity index (χ1) is 13.1. The topological polar surface area (TPSA) is 71.4 Å². The average Bonchev–Trinajstić information content (AvgIpc) is 3.22. The minimum absolute atomic E-state index is 0.123. The number of hydrogen-bond donors (Lipinski definition) is 1. The molecular formula is C20H16N2O4S. The monoisotopic (exact) mass is 380 g/mol. The quantitative estimate of drug-likeness (QED) is 0.643. The standard InChI is InChI=1S/C20H16N2O4S/c1-2-8-22-19(24)18(10-13-6-7-16-17(9-13)26-12-25-16)27-20(22)21-14-4-3-5-15(23)11-14/h2-7,9-11,23H,1,8,12H2/b18-10-,21-20?. The van der Waals surface area contributed by atoms with E-state index < -0.39 is 0 Å². The van der Waals surface area contributed by atoms with Crippen molar-refractivity contribution < 1.29 is 19.4 Å². The predicted octanol–water partition coefficient (Wildman–Crippen LogP) is 3.91. The number of hydrogen-bond acceptors (Lipinski definition) is 6.